The molecule has 0 unspecified atom stereocenters. The lowest BCUT2D eigenvalue weighted by Gasteiger charge is -2.22. The molecule has 0 radical (unpaired) electrons. The Kier molecular flexibility index (Phi) is 3.50. The zero-order valence-corrected chi connectivity index (χ0v) is 11.4. The maximum atomic E-state index is 5.33. The highest BCUT2D eigenvalue weighted by Crippen LogP contribution is 2.47. The lowest BCUT2D eigenvalue weighted by atomic mass is 9.89. The smallest absolute Gasteiger partial charge is 0.170 e. The van der Waals surface area contributed by atoms with Crippen molar-refractivity contribution in [2.45, 2.75) is 25.7 Å². The third-order valence-corrected chi connectivity index (χ3v) is 4.69. The second-order valence-electron chi connectivity index (χ2n) is 5.64. The summed E-state index contributed by atoms with van der Waals surface area (Å²) in [7, 11) is 0. The van der Waals surface area contributed by atoms with Gasteiger partial charge in [0.05, 0.1) is 0 Å². The standard InChI is InChI=1S/C15H20N2S/c18-15(17-14-4-2-1-3-5-14)16-10-13-9-11-6-7-12(13)8-11/h1-5,11-13H,6-10H2,(H2,16,17,18)/t11-,12-,13-/m0/s1. The molecule has 0 saturated heterocycles. The molecule has 2 nitrogen and oxygen atoms in total. The Morgan fingerprint density at radius 2 is 2.00 bits per heavy atom. The van der Waals surface area contributed by atoms with Crippen LogP contribution in [0.1, 0.15) is 25.7 Å². The van der Waals surface area contributed by atoms with Crippen LogP contribution in [0.2, 0.25) is 0 Å². The van der Waals surface area contributed by atoms with Gasteiger partial charge in [0.15, 0.2) is 5.11 Å². The average Bonchev–Trinajstić information content (AvgIpc) is 3.00. The minimum atomic E-state index is 0.754. The van der Waals surface area contributed by atoms with Crippen molar-refractivity contribution in [3.63, 3.8) is 0 Å². The molecule has 0 heterocycles. The fourth-order valence-electron chi connectivity index (χ4n) is 3.55. The number of nitrogens with one attached hydrogen (secondary N) is 2. The maximum absolute atomic E-state index is 5.33. The third-order valence-electron chi connectivity index (χ3n) is 4.44. The van der Waals surface area contributed by atoms with Gasteiger partial charge < -0.3 is 10.6 Å². The second kappa shape index (κ2) is 5.27. The van der Waals surface area contributed by atoms with Crippen LogP contribution in [0.5, 0.6) is 0 Å². The first-order chi connectivity index (χ1) is 8.81. The topological polar surface area (TPSA) is 24.1 Å². The average molecular weight is 260 g/mol. The Balaban J connectivity index is 1.45. The van der Waals surface area contributed by atoms with Crippen LogP contribution in [0.4, 0.5) is 5.69 Å². The van der Waals surface area contributed by atoms with E-state index in [1.165, 1.54) is 25.7 Å². The number of rotatable bonds is 3. The normalized spacial score (nSPS) is 29.2. The van der Waals surface area contributed by atoms with Crippen LogP contribution in [0.3, 0.4) is 0 Å². The fourth-order valence-corrected chi connectivity index (χ4v) is 3.75. The summed E-state index contributed by atoms with van der Waals surface area (Å²) in [5.41, 5.74) is 1.06. The van der Waals surface area contributed by atoms with Gasteiger partial charge in [-0.15, -0.1) is 0 Å². The van der Waals surface area contributed by atoms with Gasteiger partial charge in [0.2, 0.25) is 0 Å². The quantitative estimate of drug-likeness (QED) is 0.814. The second-order valence-corrected chi connectivity index (χ2v) is 6.04. The largest absolute Gasteiger partial charge is 0.362 e. The van der Waals surface area contributed by atoms with Crippen molar-refractivity contribution >= 4 is 23.0 Å². The van der Waals surface area contributed by atoms with E-state index in [-0.39, 0.29) is 0 Å². The number of anilines is 1. The van der Waals surface area contributed by atoms with E-state index in [0.29, 0.717) is 0 Å². The van der Waals surface area contributed by atoms with Crippen molar-refractivity contribution in [3.05, 3.63) is 30.3 Å². The van der Waals surface area contributed by atoms with Crippen LogP contribution in [0.25, 0.3) is 0 Å². The molecule has 0 spiro atoms. The molecule has 0 amide bonds. The summed E-state index contributed by atoms with van der Waals surface area (Å²) in [6, 6.07) is 10.1. The summed E-state index contributed by atoms with van der Waals surface area (Å²) in [4.78, 5) is 0. The maximum Gasteiger partial charge on any atom is 0.170 e. The van der Waals surface area contributed by atoms with E-state index in [0.717, 1.165) is 35.1 Å². The molecule has 2 saturated carbocycles. The van der Waals surface area contributed by atoms with Crippen molar-refractivity contribution in [1.82, 2.24) is 5.32 Å². The SMILES string of the molecule is S=C(NC[C@@H]1C[C@H]2CC[C@H]1C2)Nc1ccccc1. The molecule has 2 bridgehead atoms. The molecule has 2 N–H and O–H groups in total. The van der Waals surface area contributed by atoms with Crippen LogP contribution in [-0.4, -0.2) is 11.7 Å². The molecule has 96 valence electrons. The highest BCUT2D eigenvalue weighted by Gasteiger charge is 2.39. The molecule has 0 aromatic heterocycles. The molecule has 18 heavy (non-hydrogen) atoms. The van der Waals surface area contributed by atoms with Crippen molar-refractivity contribution in [2.75, 3.05) is 11.9 Å². The molecule has 1 aromatic rings. The van der Waals surface area contributed by atoms with Gasteiger partial charge in [-0.25, -0.2) is 0 Å². The lowest BCUT2D eigenvalue weighted by Crippen LogP contribution is -2.34. The molecule has 3 heteroatoms. The van der Waals surface area contributed by atoms with E-state index >= 15 is 0 Å². The number of para-hydroxylation sites is 1. The van der Waals surface area contributed by atoms with Crippen molar-refractivity contribution < 1.29 is 0 Å². The Morgan fingerprint density at radius 1 is 1.17 bits per heavy atom. The summed E-state index contributed by atoms with van der Waals surface area (Å²) in [6.07, 6.45) is 5.78. The van der Waals surface area contributed by atoms with Crippen LogP contribution in [0, 0.1) is 17.8 Å². The molecule has 3 rings (SSSR count). The number of thiocarbonyl (C=S) groups is 1. The predicted molar refractivity (Wildman–Crippen MR) is 79.6 cm³/mol. The molecule has 1 aromatic carbocycles. The van der Waals surface area contributed by atoms with Crippen LogP contribution in [0.15, 0.2) is 30.3 Å². The summed E-state index contributed by atoms with van der Waals surface area (Å²) in [5.74, 6) is 2.82. The van der Waals surface area contributed by atoms with Gasteiger partial charge in [-0.1, -0.05) is 24.6 Å². The molecule has 2 fully saturated rings. The van der Waals surface area contributed by atoms with Crippen LogP contribution >= 0.6 is 12.2 Å². The number of fused-ring (bicyclic) bond motifs is 2. The number of hydrogen-bond donors (Lipinski definition) is 2. The molecule has 0 aliphatic heterocycles. The molecular weight excluding hydrogens is 240 g/mol. The first-order valence-corrected chi connectivity index (χ1v) is 7.32. The zero-order valence-electron chi connectivity index (χ0n) is 10.6. The molecular formula is C15H20N2S. The number of hydrogen-bond acceptors (Lipinski definition) is 1. The monoisotopic (exact) mass is 260 g/mol. The highest BCUT2D eigenvalue weighted by molar-refractivity contribution is 7.80. The van der Waals surface area contributed by atoms with Gasteiger partial charge in [0.25, 0.3) is 0 Å². The van der Waals surface area contributed by atoms with Gasteiger partial charge in [0.1, 0.15) is 0 Å². The summed E-state index contributed by atoms with van der Waals surface area (Å²) < 4.78 is 0. The first-order valence-electron chi connectivity index (χ1n) is 6.91. The van der Waals surface area contributed by atoms with Gasteiger partial charge >= 0.3 is 0 Å². The van der Waals surface area contributed by atoms with Crippen LogP contribution in [-0.2, 0) is 0 Å². The Bertz CT molecular complexity index is 418. The molecule has 2 aliphatic rings. The van der Waals surface area contributed by atoms with Crippen molar-refractivity contribution in [3.8, 4) is 0 Å². The van der Waals surface area contributed by atoms with Crippen LogP contribution < -0.4 is 10.6 Å². The van der Waals surface area contributed by atoms with Gasteiger partial charge in [-0.2, -0.15) is 0 Å². The molecule has 3 atom stereocenters. The minimum Gasteiger partial charge on any atom is -0.362 e. The Labute approximate surface area is 114 Å². The Morgan fingerprint density at radius 3 is 2.67 bits per heavy atom. The van der Waals surface area contributed by atoms with E-state index in [1.54, 1.807) is 0 Å². The van der Waals surface area contributed by atoms with E-state index in [4.69, 9.17) is 12.2 Å². The third kappa shape index (κ3) is 2.66. The zero-order chi connectivity index (χ0) is 12.4. The van der Waals surface area contributed by atoms with Crippen molar-refractivity contribution in [1.29, 1.82) is 0 Å². The fraction of sp³-hybridized carbons (Fsp3) is 0.533. The van der Waals surface area contributed by atoms with E-state index < -0.39 is 0 Å². The van der Waals surface area contributed by atoms with Gasteiger partial charge in [0, 0.05) is 12.2 Å². The molecule has 2 aliphatic carbocycles. The van der Waals surface area contributed by atoms with E-state index in [2.05, 4.69) is 10.6 Å². The number of benzene rings is 1. The van der Waals surface area contributed by atoms with Gasteiger partial charge in [-0.3, -0.25) is 0 Å². The predicted octanol–water partition coefficient (Wildman–Crippen LogP) is 3.41. The van der Waals surface area contributed by atoms with Gasteiger partial charge in [-0.05, 0) is 61.4 Å². The van der Waals surface area contributed by atoms with E-state index in [9.17, 15) is 0 Å². The minimum absolute atomic E-state index is 0.754. The Hall–Kier alpha value is -1.09. The summed E-state index contributed by atoms with van der Waals surface area (Å²) >= 11 is 5.33. The summed E-state index contributed by atoms with van der Waals surface area (Å²) in [5, 5.41) is 7.36. The van der Waals surface area contributed by atoms with E-state index in [1.807, 2.05) is 30.3 Å². The first kappa shape index (κ1) is 12.0. The highest BCUT2D eigenvalue weighted by atomic mass is 32.1. The summed E-state index contributed by atoms with van der Waals surface area (Å²) in [6.45, 7) is 1.04. The van der Waals surface area contributed by atoms with Crippen molar-refractivity contribution in [2.24, 2.45) is 17.8 Å². The lowest BCUT2D eigenvalue weighted by molar-refractivity contribution is 0.332.